The van der Waals surface area contributed by atoms with E-state index >= 15 is 0 Å². The molecule has 0 unspecified atom stereocenters. The number of benzene rings is 2. The summed E-state index contributed by atoms with van der Waals surface area (Å²) in [5.41, 5.74) is 6.88. The van der Waals surface area contributed by atoms with E-state index in [1.54, 1.807) is 12.1 Å². The number of carbonyl (C=O) groups is 3. The number of nitrogens with one attached hydrogen (secondary N) is 1. The van der Waals surface area contributed by atoms with Crippen LogP contribution in [0.1, 0.15) is 17.5 Å². The van der Waals surface area contributed by atoms with E-state index in [1.807, 2.05) is 48.5 Å². The van der Waals surface area contributed by atoms with Crippen molar-refractivity contribution in [3.63, 3.8) is 0 Å². The quantitative estimate of drug-likeness (QED) is 0.614. The summed E-state index contributed by atoms with van der Waals surface area (Å²) in [4.78, 5) is 35.9. The second-order valence-corrected chi connectivity index (χ2v) is 5.77. The molecule has 2 aromatic rings. The van der Waals surface area contributed by atoms with Gasteiger partial charge in [-0.05, 0) is 11.1 Å². The van der Waals surface area contributed by atoms with Crippen LogP contribution in [0.4, 0.5) is 0 Å². The summed E-state index contributed by atoms with van der Waals surface area (Å²) >= 11 is 0. The van der Waals surface area contributed by atoms with Gasteiger partial charge in [0.05, 0.1) is 13.0 Å². The number of hydrogen-bond donors (Lipinski definition) is 2. The number of nitrogens with two attached hydrogens (primary N) is 1. The van der Waals surface area contributed by atoms with Crippen molar-refractivity contribution in [2.75, 3.05) is 6.54 Å². The van der Waals surface area contributed by atoms with Crippen LogP contribution in [0.3, 0.4) is 0 Å². The van der Waals surface area contributed by atoms with Crippen molar-refractivity contribution in [1.82, 2.24) is 5.32 Å². The van der Waals surface area contributed by atoms with E-state index in [2.05, 4.69) is 5.32 Å². The second-order valence-electron chi connectivity index (χ2n) is 5.77. The van der Waals surface area contributed by atoms with Crippen LogP contribution >= 0.6 is 12.4 Å². The van der Waals surface area contributed by atoms with Crippen molar-refractivity contribution in [2.24, 2.45) is 5.73 Å². The maximum atomic E-state index is 12.3. The molecule has 150 valence electrons. The minimum Gasteiger partial charge on any atom is -0.461 e. The molecule has 0 radical (unpaired) electrons. The molecule has 0 aliphatic heterocycles. The predicted molar refractivity (Wildman–Crippen MR) is 105 cm³/mol. The van der Waals surface area contributed by atoms with Crippen LogP contribution in [-0.2, 0) is 37.1 Å². The molecule has 2 aromatic carbocycles. The third-order valence-electron chi connectivity index (χ3n) is 3.64. The van der Waals surface area contributed by atoms with Gasteiger partial charge in [-0.15, -0.1) is 12.4 Å². The summed E-state index contributed by atoms with van der Waals surface area (Å²) in [7, 11) is 0. The van der Waals surface area contributed by atoms with Gasteiger partial charge in [0.15, 0.2) is 0 Å². The first-order chi connectivity index (χ1) is 13.1. The lowest BCUT2D eigenvalue weighted by Gasteiger charge is -2.17. The zero-order valence-corrected chi connectivity index (χ0v) is 16.0. The van der Waals surface area contributed by atoms with Crippen molar-refractivity contribution in [3.8, 4) is 0 Å². The monoisotopic (exact) mass is 406 g/mol. The molecule has 0 heterocycles. The van der Waals surface area contributed by atoms with Gasteiger partial charge in [-0.3, -0.25) is 9.59 Å². The average Bonchev–Trinajstić information content (AvgIpc) is 2.71. The first-order valence-electron chi connectivity index (χ1n) is 8.48. The lowest BCUT2D eigenvalue weighted by Crippen LogP contribution is -2.45. The zero-order valence-electron chi connectivity index (χ0n) is 15.2. The van der Waals surface area contributed by atoms with Crippen molar-refractivity contribution < 1.29 is 23.9 Å². The SMILES string of the molecule is Cl.NCC(=O)N[C@@H](CC(=O)OCc1ccccc1)C(=O)OCc1ccccc1. The van der Waals surface area contributed by atoms with Crippen molar-refractivity contribution >= 4 is 30.3 Å². The highest BCUT2D eigenvalue weighted by atomic mass is 35.5. The minimum atomic E-state index is -1.16. The molecule has 28 heavy (non-hydrogen) atoms. The first-order valence-corrected chi connectivity index (χ1v) is 8.48. The van der Waals surface area contributed by atoms with E-state index in [0.29, 0.717) is 0 Å². The van der Waals surface area contributed by atoms with E-state index in [-0.39, 0.29) is 38.6 Å². The molecule has 0 bridgehead atoms. The topological polar surface area (TPSA) is 108 Å². The highest BCUT2D eigenvalue weighted by molar-refractivity contribution is 5.88. The summed E-state index contributed by atoms with van der Waals surface area (Å²) in [6, 6.07) is 17.1. The molecule has 0 saturated heterocycles. The molecule has 0 aliphatic rings. The van der Waals surface area contributed by atoms with Gasteiger partial charge in [0.1, 0.15) is 19.3 Å². The summed E-state index contributed by atoms with van der Waals surface area (Å²) < 4.78 is 10.4. The largest absolute Gasteiger partial charge is 0.461 e. The number of carbonyl (C=O) groups excluding carboxylic acids is 3. The Balaban J connectivity index is 0.00000392. The molecule has 1 amide bonds. The Kier molecular flexibility index (Phi) is 10.3. The summed E-state index contributed by atoms with van der Waals surface area (Å²) in [5, 5.41) is 2.39. The van der Waals surface area contributed by atoms with Crippen LogP contribution < -0.4 is 11.1 Å². The first kappa shape index (κ1) is 23.1. The Labute approximate surface area is 169 Å². The van der Waals surface area contributed by atoms with Gasteiger partial charge in [-0.2, -0.15) is 0 Å². The maximum Gasteiger partial charge on any atom is 0.329 e. The van der Waals surface area contributed by atoms with Gasteiger partial charge in [0.2, 0.25) is 5.91 Å². The molecule has 0 aromatic heterocycles. The molecule has 7 nitrogen and oxygen atoms in total. The highest BCUT2D eigenvalue weighted by Gasteiger charge is 2.26. The fourth-order valence-corrected chi connectivity index (χ4v) is 2.24. The molecule has 0 saturated carbocycles. The van der Waals surface area contributed by atoms with Crippen molar-refractivity contribution in [2.45, 2.75) is 25.7 Å². The number of rotatable bonds is 9. The third kappa shape index (κ3) is 8.20. The number of esters is 2. The Morgan fingerprint density at radius 2 is 1.36 bits per heavy atom. The van der Waals surface area contributed by atoms with Crippen molar-refractivity contribution in [1.29, 1.82) is 0 Å². The maximum absolute atomic E-state index is 12.3. The summed E-state index contributed by atoms with van der Waals surface area (Å²) in [6.45, 7) is -0.189. The van der Waals surface area contributed by atoms with Gasteiger partial charge >= 0.3 is 11.9 Å². The minimum absolute atomic E-state index is 0. The van der Waals surface area contributed by atoms with Crippen LogP contribution in [0.2, 0.25) is 0 Å². The highest BCUT2D eigenvalue weighted by Crippen LogP contribution is 2.06. The number of hydrogen-bond acceptors (Lipinski definition) is 6. The number of amides is 1. The smallest absolute Gasteiger partial charge is 0.329 e. The van der Waals surface area contributed by atoms with Gasteiger partial charge in [-0.25, -0.2) is 4.79 Å². The molecular weight excluding hydrogens is 384 g/mol. The summed E-state index contributed by atoms with van der Waals surface area (Å²) in [6.07, 6.45) is -0.341. The van der Waals surface area contributed by atoms with Crippen LogP contribution in [0.15, 0.2) is 60.7 Å². The molecule has 3 N–H and O–H groups in total. The number of ether oxygens (including phenoxy) is 2. The van der Waals surface area contributed by atoms with E-state index in [9.17, 15) is 14.4 Å². The Morgan fingerprint density at radius 1 is 0.857 bits per heavy atom. The lowest BCUT2D eigenvalue weighted by molar-refractivity contribution is -0.155. The summed E-state index contributed by atoms with van der Waals surface area (Å²) in [5.74, 6) is -1.91. The average molecular weight is 407 g/mol. The van der Waals surface area contributed by atoms with Gasteiger partial charge in [0.25, 0.3) is 0 Å². The van der Waals surface area contributed by atoms with Crippen LogP contribution in [0.5, 0.6) is 0 Å². The van der Waals surface area contributed by atoms with Gasteiger partial charge in [-0.1, -0.05) is 60.7 Å². The molecule has 2 rings (SSSR count). The zero-order chi connectivity index (χ0) is 19.5. The number of halogens is 1. The molecular formula is C20H23ClN2O5. The van der Waals surface area contributed by atoms with Crippen LogP contribution in [-0.4, -0.2) is 30.4 Å². The second kappa shape index (κ2) is 12.5. The molecule has 0 fully saturated rings. The van der Waals surface area contributed by atoms with E-state index in [0.717, 1.165) is 11.1 Å². The Bertz CT molecular complexity index is 756. The standard InChI is InChI=1S/C20H22N2O5.ClH/c21-12-18(23)22-17(20(25)27-14-16-9-5-2-6-10-16)11-19(24)26-13-15-7-3-1-4-8-15;/h1-10,17H,11-14,21H2,(H,22,23);1H/t17-;/m0./s1. The normalized spacial score (nSPS) is 10.9. The fourth-order valence-electron chi connectivity index (χ4n) is 2.24. The van der Waals surface area contributed by atoms with Gasteiger partial charge < -0.3 is 20.5 Å². The molecule has 8 heteroatoms. The Morgan fingerprint density at radius 3 is 1.86 bits per heavy atom. The molecule has 0 spiro atoms. The lowest BCUT2D eigenvalue weighted by atomic mass is 10.2. The molecule has 1 atom stereocenters. The third-order valence-corrected chi connectivity index (χ3v) is 3.64. The van der Waals surface area contributed by atoms with Crippen molar-refractivity contribution in [3.05, 3.63) is 71.8 Å². The van der Waals surface area contributed by atoms with Crippen LogP contribution in [0.25, 0.3) is 0 Å². The van der Waals surface area contributed by atoms with E-state index in [1.165, 1.54) is 0 Å². The molecule has 0 aliphatic carbocycles. The van der Waals surface area contributed by atoms with E-state index in [4.69, 9.17) is 15.2 Å². The van der Waals surface area contributed by atoms with Crippen LogP contribution in [0, 0.1) is 0 Å². The Hall–Kier alpha value is -2.90. The fraction of sp³-hybridized carbons (Fsp3) is 0.250. The van der Waals surface area contributed by atoms with Gasteiger partial charge in [0, 0.05) is 0 Å². The van der Waals surface area contributed by atoms with E-state index < -0.39 is 23.9 Å². The predicted octanol–water partition coefficient (Wildman–Crippen LogP) is 1.73.